The number of ether oxygens (including phenoxy) is 1. The second kappa shape index (κ2) is 6.39. The van der Waals surface area contributed by atoms with Gasteiger partial charge < -0.3 is 10.5 Å². The van der Waals surface area contributed by atoms with Crippen LogP contribution in [0.15, 0.2) is 0 Å². The van der Waals surface area contributed by atoms with Crippen molar-refractivity contribution in [2.24, 2.45) is 17.6 Å². The molecule has 3 nitrogen and oxygen atoms in total. The third kappa shape index (κ3) is 5.53. The van der Waals surface area contributed by atoms with E-state index >= 15 is 0 Å². The van der Waals surface area contributed by atoms with Crippen molar-refractivity contribution in [3.05, 3.63) is 0 Å². The van der Waals surface area contributed by atoms with E-state index in [2.05, 4.69) is 0 Å². The maximum Gasteiger partial charge on any atom is 0.306 e. The molecule has 1 saturated carbocycles. The first kappa shape index (κ1) is 14.5. The van der Waals surface area contributed by atoms with Gasteiger partial charge in [0, 0.05) is 6.42 Å². The van der Waals surface area contributed by atoms with Crippen molar-refractivity contribution >= 4 is 5.97 Å². The summed E-state index contributed by atoms with van der Waals surface area (Å²) in [6.45, 7) is 6.32. The molecule has 0 radical (unpaired) electrons. The van der Waals surface area contributed by atoms with Crippen molar-refractivity contribution in [1.29, 1.82) is 0 Å². The molecule has 17 heavy (non-hydrogen) atoms. The Labute approximate surface area is 105 Å². The van der Waals surface area contributed by atoms with Gasteiger partial charge in [-0.15, -0.1) is 0 Å². The van der Waals surface area contributed by atoms with E-state index in [1.165, 1.54) is 32.1 Å². The first-order chi connectivity index (χ1) is 7.92. The van der Waals surface area contributed by atoms with Crippen molar-refractivity contribution in [2.45, 2.75) is 64.9 Å². The van der Waals surface area contributed by atoms with Crippen LogP contribution in [0.1, 0.15) is 59.3 Å². The van der Waals surface area contributed by atoms with E-state index in [4.69, 9.17) is 10.5 Å². The van der Waals surface area contributed by atoms with E-state index in [1.807, 2.05) is 20.8 Å². The van der Waals surface area contributed by atoms with Gasteiger partial charge >= 0.3 is 5.97 Å². The average Bonchev–Trinajstić information content (AvgIpc) is 2.24. The number of carbonyl (C=O) groups excluding carboxylic acids is 1. The number of hydrogen-bond donors (Lipinski definition) is 1. The first-order valence-electron chi connectivity index (χ1n) is 6.84. The third-order valence-corrected chi connectivity index (χ3v) is 3.47. The largest absolute Gasteiger partial charge is 0.460 e. The number of nitrogens with two attached hydrogens (primary N) is 1. The van der Waals surface area contributed by atoms with Gasteiger partial charge in [0.15, 0.2) is 0 Å². The summed E-state index contributed by atoms with van der Waals surface area (Å²) in [5, 5.41) is 0. The molecule has 100 valence electrons. The number of rotatable bonds is 4. The Bertz CT molecular complexity index is 239. The summed E-state index contributed by atoms with van der Waals surface area (Å²) in [7, 11) is 0. The predicted octanol–water partition coefficient (Wildman–Crippen LogP) is 2.87. The van der Waals surface area contributed by atoms with E-state index in [0.29, 0.717) is 24.8 Å². The fourth-order valence-corrected chi connectivity index (χ4v) is 2.65. The molecule has 0 spiro atoms. The lowest BCUT2D eigenvalue weighted by Crippen LogP contribution is -2.31. The number of hydrogen-bond acceptors (Lipinski definition) is 3. The zero-order valence-corrected chi connectivity index (χ0v) is 11.5. The lowest BCUT2D eigenvalue weighted by atomic mass is 9.78. The van der Waals surface area contributed by atoms with Crippen LogP contribution in [0.2, 0.25) is 0 Å². The van der Waals surface area contributed by atoms with Crippen LogP contribution in [0, 0.1) is 11.8 Å². The van der Waals surface area contributed by atoms with E-state index < -0.39 is 0 Å². The van der Waals surface area contributed by atoms with Crippen LogP contribution in [-0.2, 0) is 9.53 Å². The minimum atomic E-state index is -0.386. The Kier molecular flexibility index (Phi) is 5.44. The molecular formula is C14H27NO2. The van der Waals surface area contributed by atoms with Crippen molar-refractivity contribution < 1.29 is 9.53 Å². The third-order valence-electron chi connectivity index (χ3n) is 3.47. The highest BCUT2D eigenvalue weighted by molar-refractivity contribution is 5.70. The Morgan fingerprint density at radius 3 is 2.35 bits per heavy atom. The average molecular weight is 241 g/mol. The van der Waals surface area contributed by atoms with Gasteiger partial charge in [-0.05, 0) is 39.2 Å². The molecule has 1 unspecified atom stereocenters. The molecule has 1 rings (SSSR count). The summed E-state index contributed by atoms with van der Waals surface area (Å²) < 4.78 is 5.37. The van der Waals surface area contributed by atoms with Gasteiger partial charge in [-0.3, -0.25) is 4.79 Å². The van der Waals surface area contributed by atoms with Crippen LogP contribution in [-0.4, -0.2) is 18.1 Å². The molecule has 2 N–H and O–H groups in total. The van der Waals surface area contributed by atoms with E-state index in [0.717, 1.165) is 0 Å². The predicted molar refractivity (Wildman–Crippen MR) is 69.6 cm³/mol. The van der Waals surface area contributed by atoms with Crippen molar-refractivity contribution in [1.82, 2.24) is 0 Å². The van der Waals surface area contributed by atoms with Gasteiger partial charge in [0.25, 0.3) is 0 Å². The Morgan fingerprint density at radius 2 is 1.88 bits per heavy atom. The summed E-state index contributed by atoms with van der Waals surface area (Å²) in [6.07, 6.45) is 6.85. The Morgan fingerprint density at radius 1 is 1.29 bits per heavy atom. The summed E-state index contributed by atoms with van der Waals surface area (Å²) in [5.74, 6) is 0.838. The molecule has 0 aromatic rings. The molecule has 3 heteroatoms. The molecular weight excluding hydrogens is 214 g/mol. The Hall–Kier alpha value is -0.570. The second-order valence-corrected chi connectivity index (χ2v) is 6.18. The van der Waals surface area contributed by atoms with Crippen molar-refractivity contribution in [2.75, 3.05) is 6.54 Å². The first-order valence-corrected chi connectivity index (χ1v) is 6.84. The zero-order chi connectivity index (χ0) is 12.9. The molecule has 0 amide bonds. The van der Waals surface area contributed by atoms with Crippen molar-refractivity contribution in [3.63, 3.8) is 0 Å². The molecule has 1 fully saturated rings. The van der Waals surface area contributed by atoms with Gasteiger partial charge in [0.05, 0.1) is 0 Å². The standard InChI is InChI=1S/C14H27NO2/c1-14(2,3)17-13(16)9-12(10-15)11-7-5-4-6-8-11/h11-12H,4-10,15H2,1-3H3. The normalized spacial score (nSPS) is 20.0. The molecule has 0 bridgehead atoms. The SMILES string of the molecule is CC(C)(C)OC(=O)CC(CN)C1CCCCC1. The van der Waals surface area contributed by atoms with Crippen LogP contribution < -0.4 is 5.73 Å². The fourth-order valence-electron chi connectivity index (χ4n) is 2.65. The zero-order valence-electron chi connectivity index (χ0n) is 11.5. The summed E-state index contributed by atoms with van der Waals surface area (Å²) >= 11 is 0. The van der Waals surface area contributed by atoms with Gasteiger partial charge in [0.1, 0.15) is 5.60 Å². The minimum Gasteiger partial charge on any atom is -0.460 e. The van der Waals surface area contributed by atoms with E-state index in [-0.39, 0.29) is 11.6 Å². The molecule has 0 aromatic carbocycles. The highest BCUT2D eigenvalue weighted by Gasteiger charge is 2.26. The lowest BCUT2D eigenvalue weighted by Gasteiger charge is -2.29. The van der Waals surface area contributed by atoms with Gasteiger partial charge in [-0.2, -0.15) is 0 Å². The second-order valence-electron chi connectivity index (χ2n) is 6.18. The Balaban J connectivity index is 2.42. The highest BCUT2D eigenvalue weighted by Crippen LogP contribution is 2.31. The van der Waals surface area contributed by atoms with Gasteiger partial charge in [0.2, 0.25) is 0 Å². The monoisotopic (exact) mass is 241 g/mol. The van der Waals surface area contributed by atoms with Crippen LogP contribution in [0.3, 0.4) is 0 Å². The van der Waals surface area contributed by atoms with Gasteiger partial charge in [-0.25, -0.2) is 0 Å². The molecule has 1 atom stereocenters. The highest BCUT2D eigenvalue weighted by atomic mass is 16.6. The fraction of sp³-hybridized carbons (Fsp3) is 0.929. The molecule has 1 aliphatic rings. The van der Waals surface area contributed by atoms with Crippen LogP contribution >= 0.6 is 0 Å². The van der Waals surface area contributed by atoms with Crippen LogP contribution in [0.5, 0.6) is 0 Å². The topological polar surface area (TPSA) is 52.3 Å². The van der Waals surface area contributed by atoms with Crippen LogP contribution in [0.4, 0.5) is 0 Å². The maximum atomic E-state index is 11.8. The quantitative estimate of drug-likeness (QED) is 0.770. The minimum absolute atomic E-state index is 0.0986. The molecule has 0 aliphatic heterocycles. The van der Waals surface area contributed by atoms with E-state index in [9.17, 15) is 4.79 Å². The number of carbonyl (C=O) groups is 1. The molecule has 1 aliphatic carbocycles. The van der Waals surface area contributed by atoms with E-state index in [1.54, 1.807) is 0 Å². The van der Waals surface area contributed by atoms with Crippen molar-refractivity contribution in [3.8, 4) is 0 Å². The smallest absolute Gasteiger partial charge is 0.306 e. The van der Waals surface area contributed by atoms with Crippen LogP contribution in [0.25, 0.3) is 0 Å². The summed E-state index contributed by atoms with van der Waals surface area (Å²) in [6, 6.07) is 0. The van der Waals surface area contributed by atoms with Gasteiger partial charge in [-0.1, -0.05) is 32.1 Å². The maximum absolute atomic E-state index is 11.8. The molecule has 0 heterocycles. The lowest BCUT2D eigenvalue weighted by molar-refractivity contribution is -0.156. The molecule has 0 aromatic heterocycles. The summed E-state index contributed by atoms with van der Waals surface area (Å²) in [5.41, 5.74) is 5.42. The summed E-state index contributed by atoms with van der Waals surface area (Å²) in [4.78, 5) is 11.8. The molecule has 0 saturated heterocycles. The number of esters is 1.